The largest absolute Gasteiger partial charge is 0.497 e. The molecule has 0 spiro atoms. The van der Waals surface area contributed by atoms with Gasteiger partial charge >= 0.3 is 5.97 Å². The number of amides is 1. The van der Waals surface area contributed by atoms with Crippen LogP contribution in [0, 0.1) is 19.8 Å². The van der Waals surface area contributed by atoms with Gasteiger partial charge in [-0.15, -0.1) is 0 Å². The first-order chi connectivity index (χ1) is 17.8. The van der Waals surface area contributed by atoms with Crippen molar-refractivity contribution in [3.05, 3.63) is 58.7 Å². The first kappa shape index (κ1) is 26.7. The average molecular weight is 508 g/mol. The van der Waals surface area contributed by atoms with Crippen molar-refractivity contribution in [1.82, 2.24) is 9.91 Å². The second-order valence-corrected chi connectivity index (χ2v) is 9.73. The van der Waals surface area contributed by atoms with Crippen molar-refractivity contribution < 1.29 is 23.8 Å². The predicted octanol–water partition coefficient (Wildman–Crippen LogP) is 4.27. The van der Waals surface area contributed by atoms with E-state index in [1.807, 2.05) is 25.1 Å². The molecule has 2 heterocycles. The Morgan fingerprint density at radius 2 is 1.78 bits per heavy atom. The normalized spacial score (nSPS) is 18.5. The van der Waals surface area contributed by atoms with Crippen molar-refractivity contribution >= 4 is 17.6 Å². The zero-order chi connectivity index (χ0) is 26.5. The number of hydrazone groups is 1. The number of likely N-dealkylation sites (tertiary alicyclic amines) is 1. The fraction of sp³-hybridized carbons (Fsp3) is 0.483. The molecule has 0 unspecified atom stereocenters. The number of aryl methyl sites for hydroxylation is 2. The van der Waals surface area contributed by atoms with Gasteiger partial charge < -0.3 is 14.2 Å². The predicted molar refractivity (Wildman–Crippen MR) is 142 cm³/mol. The molecular formula is C29H37N3O5. The van der Waals surface area contributed by atoms with Crippen molar-refractivity contribution in [3.63, 3.8) is 0 Å². The molecule has 8 heteroatoms. The SMILES string of the molecule is CCOC(=O)C1CCN(CC(=O)N2N=C(c3ccc(C)cc3C)C[C@@H]2c2cc(OC)ccc2OC)CC1. The molecule has 0 radical (unpaired) electrons. The molecule has 1 amide bonds. The highest BCUT2D eigenvalue weighted by Crippen LogP contribution is 2.40. The molecule has 0 aliphatic carbocycles. The van der Waals surface area contributed by atoms with E-state index in [1.165, 1.54) is 5.56 Å². The van der Waals surface area contributed by atoms with E-state index in [0.29, 0.717) is 50.5 Å². The highest BCUT2D eigenvalue weighted by atomic mass is 16.5. The van der Waals surface area contributed by atoms with E-state index in [0.717, 1.165) is 22.4 Å². The quantitative estimate of drug-likeness (QED) is 0.497. The van der Waals surface area contributed by atoms with E-state index < -0.39 is 0 Å². The fourth-order valence-electron chi connectivity index (χ4n) is 5.23. The minimum atomic E-state index is -0.315. The van der Waals surface area contributed by atoms with Gasteiger partial charge in [0.2, 0.25) is 0 Å². The highest BCUT2D eigenvalue weighted by Gasteiger charge is 2.37. The van der Waals surface area contributed by atoms with Crippen molar-refractivity contribution in [2.75, 3.05) is 40.5 Å². The van der Waals surface area contributed by atoms with Gasteiger partial charge in [0.1, 0.15) is 11.5 Å². The van der Waals surface area contributed by atoms with E-state index in [9.17, 15) is 9.59 Å². The van der Waals surface area contributed by atoms with Gasteiger partial charge in [-0.25, -0.2) is 5.01 Å². The molecular weight excluding hydrogens is 470 g/mol. The number of carbonyl (C=O) groups is 2. The number of hydrogen-bond acceptors (Lipinski definition) is 7. The Balaban J connectivity index is 1.59. The third-order valence-electron chi connectivity index (χ3n) is 7.22. The van der Waals surface area contributed by atoms with Crippen LogP contribution < -0.4 is 9.47 Å². The number of carbonyl (C=O) groups excluding carboxylic acids is 2. The lowest BCUT2D eigenvalue weighted by molar-refractivity contribution is -0.149. The van der Waals surface area contributed by atoms with Crippen LogP contribution in [0.15, 0.2) is 41.5 Å². The fourth-order valence-corrected chi connectivity index (χ4v) is 5.23. The standard InChI is InChI=1S/C29H37N3O5/c1-6-37-29(34)21-11-13-31(14-12-21)18-28(33)32-26(24-16-22(35-4)8-10-27(24)36-5)17-25(30-32)23-9-7-19(2)15-20(23)3/h7-10,15-16,21,26H,6,11-14,17-18H2,1-5H3/t26-/m1/s1. The summed E-state index contributed by atoms with van der Waals surface area (Å²) in [5.74, 6) is 1.08. The molecule has 37 heavy (non-hydrogen) atoms. The molecule has 0 N–H and O–H groups in total. The third kappa shape index (κ3) is 5.96. The average Bonchev–Trinajstić information content (AvgIpc) is 3.34. The summed E-state index contributed by atoms with van der Waals surface area (Å²) in [6, 6.07) is 11.6. The van der Waals surface area contributed by atoms with Crippen molar-refractivity contribution in [3.8, 4) is 11.5 Å². The van der Waals surface area contributed by atoms with Crippen molar-refractivity contribution in [1.29, 1.82) is 0 Å². The number of ether oxygens (including phenoxy) is 3. The van der Waals surface area contributed by atoms with Crippen LogP contribution >= 0.6 is 0 Å². The molecule has 2 aliphatic rings. The Kier molecular flexibility index (Phi) is 8.48. The first-order valence-electron chi connectivity index (χ1n) is 12.9. The van der Waals surface area contributed by atoms with E-state index in [-0.39, 0.29) is 30.4 Å². The van der Waals surface area contributed by atoms with Crippen molar-refractivity contribution in [2.24, 2.45) is 11.0 Å². The molecule has 0 bridgehead atoms. The number of benzene rings is 2. The molecule has 8 nitrogen and oxygen atoms in total. The summed E-state index contributed by atoms with van der Waals surface area (Å²) in [5.41, 5.74) is 5.10. The zero-order valence-electron chi connectivity index (χ0n) is 22.5. The molecule has 1 atom stereocenters. The lowest BCUT2D eigenvalue weighted by atomic mass is 9.94. The monoisotopic (exact) mass is 507 g/mol. The number of methoxy groups -OCH3 is 2. The van der Waals surface area contributed by atoms with Gasteiger partial charge in [-0.1, -0.05) is 23.8 Å². The smallest absolute Gasteiger partial charge is 0.309 e. The maximum Gasteiger partial charge on any atom is 0.309 e. The van der Waals surface area contributed by atoms with Crippen molar-refractivity contribution in [2.45, 2.75) is 46.1 Å². The summed E-state index contributed by atoms with van der Waals surface area (Å²) in [5, 5.41) is 6.49. The lowest BCUT2D eigenvalue weighted by Crippen LogP contribution is -2.43. The number of nitrogens with zero attached hydrogens (tertiary/aromatic N) is 3. The van der Waals surface area contributed by atoms with Gasteiger partial charge in [0.05, 0.1) is 45.0 Å². The molecule has 1 fully saturated rings. The second-order valence-electron chi connectivity index (χ2n) is 9.73. The van der Waals surface area contributed by atoms with E-state index in [2.05, 4.69) is 36.9 Å². The Morgan fingerprint density at radius 1 is 1.03 bits per heavy atom. The van der Waals surface area contributed by atoms with Crippen LogP contribution in [0.25, 0.3) is 0 Å². The molecule has 1 saturated heterocycles. The molecule has 2 aromatic carbocycles. The molecule has 4 rings (SSSR count). The van der Waals surface area contributed by atoms with Crippen LogP contribution in [-0.4, -0.2) is 68.0 Å². The topological polar surface area (TPSA) is 80.7 Å². The van der Waals surface area contributed by atoms with Crippen LogP contribution in [0.2, 0.25) is 0 Å². The highest BCUT2D eigenvalue weighted by molar-refractivity contribution is 6.04. The van der Waals surface area contributed by atoms with E-state index in [1.54, 1.807) is 19.2 Å². The molecule has 2 aromatic rings. The summed E-state index contributed by atoms with van der Waals surface area (Å²) in [7, 11) is 3.26. The zero-order valence-corrected chi connectivity index (χ0v) is 22.5. The Bertz CT molecular complexity index is 1170. The Labute approximate surface area is 219 Å². The minimum Gasteiger partial charge on any atom is -0.497 e. The number of piperidine rings is 1. The summed E-state index contributed by atoms with van der Waals surface area (Å²) < 4.78 is 16.3. The molecule has 0 saturated carbocycles. The number of rotatable bonds is 8. The van der Waals surface area contributed by atoms with Gasteiger partial charge in [0.15, 0.2) is 0 Å². The van der Waals surface area contributed by atoms with Crippen LogP contribution in [0.1, 0.15) is 54.5 Å². The Morgan fingerprint density at radius 3 is 2.43 bits per heavy atom. The van der Waals surface area contributed by atoms with E-state index in [4.69, 9.17) is 19.3 Å². The second kappa shape index (κ2) is 11.8. The number of esters is 1. The molecule has 198 valence electrons. The molecule has 0 aromatic heterocycles. The van der Waals surface area contributed by atoms with Gasteiger partial charge in [-0.3, -0.25) is 14.5 Å². The summed E-state index contributed by atoms with van der Waals surface area (Å²) in [6.45, 7) is 7.93. The maximum atomic E-state index is 13.7. The number of hydrogen-bond donors (Lipinski definition) is 0. The third-order valence-corrected chi connectivity index (χ3v) is 7.22. The Hall–Kier alpha value is -3.39. The summed E-state index contributed by atoms with van der Waals surface area (Å²) >= 11 is 0. The summed E-state index contributed by atoms with van der Waals surface area (Å²) in [6.07, 6.45) is 1.96. The maximum absolute atomic E-state index is 13.7. The van der Waals surface area contributed by atoms with Gasteiger partial charge in [0, 0.05) is 17.5 Å². The van der Waals surface area contributed by atoms with E-state index >= 15 is 0 Å². The van der Waals surface area contributed by atoms with Gasteiger partial charge in [0.25, 0.3) is 5.91 Å². The van der Waals surface area contributed by atoms with Gasteiger partial charge in [-0.2, -0.15) is 5.10 Å². The van der Waals surface area contributed by atoms with Crippen LogP contribution in [-0.2, 0) is 14.3 Å². The molecule has 2 aliphatic heterocycles. The van der Waals surface area contributed by atoms with Crippen LogP contribution in [0.3, 0.4) is 0 Å². The summed E-state index contributed by atoms with van der Waals surface area (Å²) in [4.78, 5) is 27.9. The lowest BCUT2D eigenvalue weighted by Gasteiger charge is -2.32. The van der Waals surface area contributed by atoms with Gasteiger partial charge in [-0.05, 0) is 70.5 Å². The van der Waals surface area contributed by atoms with Crippen LogP contribution in [0.5, 0.6) is 11.5 Å². The van der Waals surface area contributed by atoms with Crippen LogP contribution in [0.4, 0.5) is 0 Å². The first-order valence-corrected chi connectivity index (χ1v) is 12.9. The minimum absolute atomic E-state index is 0.0794.